The number of benzene rings is 4. The van der Waals surface area contributed by atoms with E-state index in [0.29, 0.717) is 5.70 Å². The van der Waals surface area contributed by atoms with Gasteiger partial charge < -0.3 is 10.6 Å². The van der Waals surface area contributed by atoms with Crippen molar-refractivity contribution in [2.45, 2.75) is 6.04 Å². The van der Waals surface area contributed by atoms with Crippen molar-refractivity contribution in [3.8, 4) is 0 Å². The van der Waals surface area contributed by atoms with Crippen LogP contribution in [-0.2, 0) is 0 Å². The second-order valence-corrected chi connectivity index (χ2v) is 10.5. The molecule has 2 N–H and O–H groups in total. The van der Waals surface area contributed by atoms with E-state index in [0.717, 1.165) is 47.8 Å². The molecule has 1 aliphatic heterocycles. The van der Waals surface area contributed by atoms with Crippen molar-refractivity contribution in [1.29, 1.82) is 0 Å². The Kier molecular flexibility index (Phi) is 5.91. The molecule has 3 nitrogen and oxygen atoms in total. The molecule has 1 atom stereocenters. The smallest absolute Gasteiger partial charge is 0.143 e. The molecule has 4 aromatic carbocycles. The average molecular weight is 554 g/mol. The number of fused-ring (bicyclic) bond motifs is 1. The van der Waals surface area contributed by atoms with Crippen molar-refractivity contribution in [3.05, 3.63) is 141 Å². The summed E-state index contributed by atoms with van der Waals surface area (Å²) in [6.07, 6.45) is 2.06. The largest absolute Gasteiger partial charge is 0.397 e. The Hall–Kier alpha value is -3.74. The quantitative estimate of drug-likeness (QED) is 0.244. The number of allylic oxidation sites excluding steroid dienone is 1. The van der Waals surface area contributed by atoms with Gasteiger partial charge in [0.25, 0.3) is 0 Å². The minimum atomic E-state index is -0.284. The normalized spacial score (nSPS) is 15.9. The molecule has 0 saturated heterocycles. The lowest BCUT2D eigenvalue weighted by atomic mass is 9.87. The Bertz CT molecular complexity index is 1570. The van der Waals surface area contributed by atoms with Gasteiger partial charge in [-0.1, -0.05) is 70.5 Å². The number of nitrogens with two attached hydrogens (primary N) is 1. The third-order valence-electron chi connectivity index (χ3n) is 6.27. The Morgan fingerprint density at radius 2 is 1.53 bits per heavy atom. The summed E-state index contributed by atoms with van der Waals surface area (Å²) < 4.78 is 16.1. The third-order valence-corrected chi connectivity index (χ3v) is 7.84. The molecule has 36 heavy (non-hydrogen) atoms. The first kappa shape index (κ1) is 22.7. The second kappa shape index (κ2) is 9.37. The molecule has 0 aliphatic carbocycles. The molecule has 1 aliphatic rings. The van der Waals surface area contributed by atoms with E-state index >= 15 is 0 Å². The minimum absolute atomic E-state index is 0.208. The first-order chi connectivity index (χ1) is 17.6. The van der Waals surface area contributed by atoms with Crippen LogP contribution in [0.2, 0.25) is 0 Å². The van der Waals surface area contributed by atoms with Crippen molar-refractivity contribution in [2.24, 2.45) is 5.73 Å². The van der Waals surface area contributed by atoms with Crippen LogP contribution in [0.25, 0.3) is 21.5 Å². The molecule has 0 saturated carbocycles. The number of halogens is 2. The molecule has 0 fully saturated rings. The summed E-state index contributed by atoms with van der Waals surface area (Å²) in [6, 6.07) is 33.0. The van der Waals surface area contributed by atoms with E-state index in [1.54, 1.807) is 23.5 Å². The van der Waals surface area contributed by atoms with Crippen molar-refractivity contribution in [3.63, 3.8) is 0 Å². The van der Waals surface area contributed by atoms with Gasteiger partial charge in [-0.15, -0.1) is 11.3 Å². The van der Waals surface area contributed by atoms with E-state index in [4.69, 9.17) is 10.7 Å². The highest BCUT2D eigenvalue weighted by molar-refractivity contribution is 9.10. The highest BCUT2D eigenvalue weighted by Gasteiger charge is 2.35. The van der Waals surface area contributed by atoms with Crippen LogP contribution in [0.5, 0.6) is 0 Å². The zero-order chi connectivity index (χ0) is 24.6. The summed E-state index contributed by atoms with van der Waals surface area (Å²) >= 11 is 5.17. The number of aromatic nitrogens is 1. The fourth-order valence-corrected chi connectivity index (χ4v) is 5.94. The molecule has 176 valence electrons. The predicted octanol–water partition coefficient (Wildman–Crippen LogP) is 8.17. The van der Waals surface area contributed by atoms with Gasteiger partial charge >= 0.3 is 0 Å². The zero-order valence-electron chi connectivity index (χ0n) is 19.1. The van der Waals surface area contributed by atoms with Gasteiger partial charge in [-0.3, -0.25) is 0 Å². The number of anilines is 1. The number of hydrogen-bond donors (Lipinski definition) is 1. The molecule has 0 radical (unpaired) electrons. The van der Waals surface area contributed by atoms with Crippen molar-refractivity contribution >= 4 is 54.4 Å². The minimum Gasteiger partial charge on any atom is -0.397 e. The Balaban J connectivity index is 1.64. The van der Waals surface area contributed by atoms with Gasteiger partial charge in [0.1, 0.15) is 16.5 Å². The fourth-order valence-electron chi connectivity index (χ4n) is 4.65. The Morgan fingerprint density at radius 1 is 0.833 bits per heavy atom. The number of rotatable bonds is 4. The van der Waals surface area contributed by atoms with Crippen LogP contribution in [0.3, 0.4) is 0 Å². The van der Waals surface area contributed by atoms with E-state index in [1.165, 1.54) is 12.1 Å². The van der Waals surface area contributed by atoms with E-state index in [-0.39, 0.29) is 11.9 Å². The molecule has 0 bridgehead atoms. The van der Waals surface area contributed by atoms with Crippen LogP contribution >= 0.6 is 27.3 Å². The summed E-state index contributed by atoms with van der Waals surface area (Å²) in [5.74, 6) is -0.284. The van der Waals surface area contributed by atoms with Crippen LogP contribution in [0.4, 0.5) is 10.1 Å². The van der Waals surface area contributed by atoms with E-state index in [9.17, 15) is 4.39 Å². The van der Waals surface area contributed by atoms with Crippen LogP contribution in [-0.4, -0.2) is 4.98 Å². The summed E-state index contributed by atoms with van der Waals surface area (Å²) in [5, 5.41) is 0.823. The molecule has 6 rings (SSSR count). The van der Waals surface area contributed by atoms with Gasteiger partial charge in [0.15, 0.2) is 0 Å². The number of para-hydroxylation sites is 1. The summed E-state index contributed by atoms with van der Waals surface area (Å²) in [5.41, 5.74) is 13.2. The zero-order valence-corrected chi connectivity index (χ0v) is 21.5. The Morgan fingerprint density at radius 3 is 2.25 bits per heavy atom. The maximum Gasteiger partial charge on any atom is 0.143 e. The first-order valence-electron chi connectivity index (χ1n) is 11.5. The lowest BCUT2D eigenvalue weighted by Gasteiger charge is -2.40. The SMILES string of the molecule is NC1=C(c2nc3ccccc3s2)N(c2ccc(F)cc2)C(c2ccc(Br)cc2)C(c2ccccc2)=C1. The van der Waals surface area contributed by atoms with Crippen LogP contribution in [0, 0.1) is 5.82 Å². The lowest BCUT2D eigenvalue weighted by Crippen LogP contribution is -2.33. The summed E-state index contributed by atoms with van der Waals surface area (Å²) in [4.78, 5) is 7.14. The van der Waals surface area contributed by atoms with Gasteiger partial charge in [0.2, 0.25) is 0 Å². The maximum atomic E-state index is 14.0. The van der Waals surface area contributed by atoms with Gasteiger partial charge in [-0.05, 0) is 71.3 Å². The highest BCUT2D eigenvalue weighted by atomic mass is 79.9. The first-order valence-corrected chi connectivity index (χ1v) is 13.1. The van der Waals surface area contributed by atoms with Gasteiger partial charge in [0.05, 0.1) is 22.0 Å². The standard InChI is InChI=1S/C30H21BrFN3S/c31-21-12-10-20(11-13-21)28-24(19-6-2-1-3-7-19)18-25(33)29(35(28)23-16-14-22(32)15-17-23)30-34-26-8-4-5-9-27(26)36-30/h1-18,28H,33H2. The molecule has 1 unspecified atom stereocenters. The average Bonchev–Trinajstić information content (AvgIpc) is 3.33. The van der Waals surface area contributed by atoms with Crippen molar-refractivity contribution in [2.75, 3.05) is 4.90 Å². The maximum absolute atomic E-state index is 14.0. The van der Waals surface area contributed by atoms with Crippen LogP contribution < -0.4 is 10.6 Å². The van der Waals surface area contributed by atoms with E-state index in [1.807, 2.05) is 48.5 Å². The van der Waals surface area contributed by atoms with Crippen molar-refractivity contribution in [1.82, 2.24) is 4.98 Å². The number of thiazole rings is 1. The van der Waals surface area contributed by atoms with Gasteiger partial charge in [0, 0.05) is 10.2 Å². The number of nitrogens with zero attached hydrogens (tertiary/aromatic N) is 2. The molecular weight excluding hydrogens is 533 g/mol. The third kappa shape index (κ3) is 4.12. The lowest BCUT2D eigenvalue weighted by molar-refractivity contribution is 0.627. The molecule has 2 heterocycles. The van der Waals surface area contributed by atoms with Crippen molar-refractivity contribution < 1.29 is 4.39 Å². The number of hydrogen-bond acceptors (Lipinski definition) is 4. The fraction of sp³-hybridized carbons (Fsp3) is 0.0333. The van der Waals surface area contributed by atoms with Gasteiger partial charge in [-0.2, -0.15) is 0 Å². The second-order valence-electron chi connectivity index (χ2n) is 8.56. The Labute approximate surface area is 221 Å². The predicted molar refractivity (Wildman–Crippen MR) is 151 cm³/mol. The van der Waals surface area contributed by atoms with Gasteiger partial charge in [-0.25, -0.2) is 9.37 Å². The molecule has 1 aromatic heterocycles. The molecular formula is C30H21BrFN3S. The molecule has 0 spiro atoms. The highest BCUT2D eigenvalue weighted by Crippen LogP contribution is 2.48. The van der Waals surface area contributed by atoms with Crippen LogP contribution in [0.15, 0.2) is 119 Å². The summed E-state index contributed by atoms with van der Waals surface area (Å²) in [6.45, 7) is 0. The molecule has 0 amide bonds. The van der Waals surface area contributed by atoms with E-state index in [2.05, 4.69) is 57.2 Å². The molecule has 6 heteroatoms. The topological polar surface area (TPSA) is 42.1 Å². The van der Waals surface area contributed by atoms with E-state index < -0.39 is 0 Å². The summed E-state index contributed by atoms with van der Waals surface area (Å²) in [7, 11) is 0. The molecule has 5 aromatic rings. The van der Waals surface area contributed by atoms with Crippen LogP contribution in [0.1, 0.15) is 22.2 Å². The monoisotopic (exact) mass is 553 g/mol.